The smallest absolute Gasteiger partial charge is 0.0485 e. The quantitative estimate of drug-likeness (QED) is 0.480. The monoisotopic (exact) mass is 253 g/mol. The van der Waals surface area contributed by atoms with Crippen molar-refractivity contribution in [3.05, 3.63) is 0 Å². The van der Waals surface area contributed by atoms with Crippen LogP contribution in [-0.4, -0.2) is 46.9 Å². The van der Waals surface area contributed by atoms with E-state index in [1.165, 1.54) is 26.2 Å². The Morgan fingerprint density at radius 2 is 2.30 bits per heavy atom. The first-order valence-electron chi connectivity index (χ1n) is 3.72. The summed E-state index contributed by atoms with van der Waals surface area (Å²) in [5, 5.41) is 3.38. The third-order valence-electron chi connectivity index (χ3n) is 2.25. The zero-order valence-corrected chi connectivity index (χ0v) is 8.04. The number of piperazine rings is 1. The molecule has 2 aliphatic rings. The third-order valence-corrected chi connectivity index (χ3v) is 3.13. The summed E-state index contributed by atoms with van der Waals surface area (Å²) in [6, 6.07) is 0.783. The lowest BCUT2D eigenvalue weighted by Gasteiger charge is -2.32. The summed E-state index contributed by atoms with van der Waals surface area (Å²) in [6.45, 7) is 5.97. The summed E-state index contributed by atoms with van der Waals surface area (Å²) in [5.74, 6) is 0. The van der Waals surface area contributed by atoms with Gasteiger partial charge in [0.15, 0.2) is 0 Å². The molecule has 1 atom stereocenters. The maximum atomic E-state index is 3.38. The van der Waals surface area contributed by atoms with Gasteiger partial charge in [0, 0.05) is 61.8 Å². The van der Waals surface area contributed by atoms with Crippen molar-refractivity contribution >= 4 is 22.9 Å². The van der Waals surface area contributed by atoms with Gasteiger partial charge in [-0.1, -0.05) is 0 Å². The van der Waals surface area contributed by atoms with Crippen molar-refractivity contribution < 1.29 is 0 Å². The Labute approximate surface area is 75.2 Å². The van der Waals surface area contributed by atoms with Crippen LogP contribution in [0.25, 0.3) is 0 Å². The Morgan fingerprint density at radius 3 is 3.20 bits per heavy atom. The Morgan fingerprint density at radius 1 is 1.40 bits per heavy atom. The lowest BCUT2D eigenvalue weighted by atomic mass is 10.2. The topological polar surface area (TPSA) is 18.5 Å². The fourth-order valence-electron chi connectivity index (χ4n) is 1.63. The standard InChI is InChI=1S/C6H12IN3/c7-10-2-1-9-5-8-3-6(9)4-10/h6,8H,1-5H2. The van der Waals surface area contributed by atoms with E-state index < -0.39 is 0 Å². The van der Waals surface area contributed by atoms with Gasteiger partial charge in [-0.3, -0.25) is 4.90 Å². The molecule has 58 valence electrons. The van der Waals surface area contributed by atoms with Crippen LogP contribution in [0.1, 0.15) is 0 Å². The van der Waals surface area contributed by atoms with Crippen LogP contribution in [0.4, 0.5) is 0 Å². The average Bonchev–Trinajstić information content (AvgIpc) is 2.33. The molecule has 0 spiro atoms. The summed E-state index contributed by atoms with van der Waals surface area (Å²) >= 11 is 2.41. The predicted molar refractivity (Wildman–Crippen MR) is 49.0 cm³/mol. The molecule has 1 unspecified atom stereocenters. The lowest BCUT2D eigenvalue weighted by molar-refractivity contribution is 0.180. The molecule has 2 rings (SSSR count). The van der Waals surface area contributed by atoms with Gasteiger partial charge in [0.2, 0.25) is 0 Å². The molecule has 0 aromatic rings. The first kappa shape index (κ1) is 7.27. The SMILES string of the molecule is IN1CCN2CNCC2C1. The highest BCUT2D eigenvalue weighted by atomic mass is 127. The number of nitrogens with zero attached hydrogens (tertiary/aromatic N) is 2. The van der Waals surface area contributed by atoms with Crippen LogP contribution >= 0.6 is 22.9 Å². The van der Waals surface area contributed by atoms with E-state index in [0.717, 1.165) is 12.7 Å². The summed E-state index contributed by atoms with van der Waals surface area (Å²) in [7, 11) is 0. The van der Waals surface area contributed by atoms with Gasteiger partial charge in [0.05, 0.1) is 0 Å². The zero-order chi connectivity index (χ0) is 6.97. The first-order chi connectivity index (χ1) is 4.86. The third kappa shape index (κ3) is 1.30. The van der Waals surface area contributed by atoms with Crippen molar-refractivity contribution in [1.82, 2.24) is 13.3 Å². The molecule has 0 saturated carbocycles. The summed E-state index contributed by atoms with van der Waals surface area (Å²) in [4.78, 5) is 2.52. The molecule has 2 saturated heterocycles. The summed E-state index contributed by atoms with van der Waals surface area (Å²) in [6.07, 6.45) is 0. The van der Waals surface area contributed by atoms with Gasteiger partial charge in [-0.25, -0.2) is 3.11 Å². The van der Waals surface area contributed by atoms with Crippen LogP contribution in [0.3, 0.4) is 0 Å². The van der Waals surface area contributed by atoms with E-state index in [9.17, 15) is 0 Å². The van der Waals surface area contributed by atoms with Gasteiger partial charge in [-0.15, -0.1) is 0 Å². The van der Waals surface area contributed by atoms with E-state index in [1.807, 2.05) is 0 Å². The van der Waals surface area contributed by atoms with Gasteiger partial charge in [0.1, 0.15) is 0 Å². The lowest BCUT2D eigenvalue weighted by Crippen LogP contribution is -2.47. The fraction of sp³-hybridized carbons (Fsp3) is 1.00. The van der Waals surface area contributed by atoms with Crippen LogP contribution < -0.4 is 5.32 Å². The molecule has 2 fully saturated rings. The Hall–Kier alpha value is 0.610. The Kier molecular flexibility index (Phi) is 2.13. The molecular weight excluding hydrogens is 241 g/mol. The number of hydrogen-bond donors (Lipinski definition) is 1. The number of halogens is 1. The molecule has 4 heteroatoms. The fourth-order valence-corrected chi connectivity index (χ4v) is 2.30. The number of nitrogens with one attached hydrogen (secondary N) is 1. The first-order valence-corrected chi connectivity index (χ1v) is 4.68. The van der Waals surface area contributed by atoms with Crippen molar-refractivity contribution in [2.24, 2.45) is 0 Å². The largest absolute Gasteiger partial charge is 0.303 e. The zero-order valence-electron chi connectivity index (χ0n) is 5.89. The number of fused-ring (bicyclic) bond motifs is 1. The molecular formula is C6H12IN3. The van der Waals surface area contributed by atoms with Crippen LogP contribution in [0.5, 0.6) is 0 Å². The van der Waals surface area contributed by atoms with Gasteiger partial charge in [-0.05, 0) is 0 Å². The van der Waals surface area contributed by atoms with Crippen molar-refractivity contribution in [2.45, 2.75) is 6.04 Å². The van der Waals surface area contributed by atoms with Crippen LogP contribution in [0.15, 0.2) is 0 Å². The van der Waals surface area contributed by atoms with E-state index in [4.69, 9.17) is 0 Å². The highest BCUT2D eigenvalue weighted by molar-refractivity contribution is 14.1. The van der Waals surface area contributed by atoms with Crippen molar-refractivity contribution in [3.63, 3.8) is 0 Å². The minimum absolute atomic E-state index is 0.783. The van der Waals surface area contributed by atoms with Crippen molar-refractivity contribution in [1.29, 1.82) is 0 Å². The molecule has 0 aromatic carbocycles. The maximum absolute atomic E-state index is 3.38. The van der Waals surface area contributed by atoms with E-state index >= 15 is 0 Å². The summed E-state index contributed by atoms with van der Waals surface area (Å²) in [5.41, 5.74) is 0. The molecule has 2 heterocycles. The molecule has 3 nitrogen and oxygen atoms in total. The highest BCUT2D eigenvalue weighted by Gasteiger charge is 2.29. The van der Waals surface area contributed by atoms with Gasteiger partial charge >= 0.3 is 0 Å². The second kappa shape index (κ2) is 2.92. The van der Waals surface area contributed by atoms with E-state index in [2.05, 4.69) is 36.2 Å². The molecule has 2 aliphatic heterocycles. The van der Waals surface area contributed by atoms with Crippen LogP contribution in [0, 0.1) is 0 Å². The van der Waals surface area contributed by atoms with E-state index in [-0.39, 0.29) is 0 Å². The number of rotatable bonds is 0. The average molecular weight is 253 g/mol. The predicted octanol–water partition coefficient (Wildman–Crippen LogP) is -0.117. The van der Waals surface area contributed by atoms with E-state index in [0.29, 0.717) is 0 Å². The Balaban J connectivity index is 1.96. The van der Waals surface area contributed by atoms with Crippen LogP contribution in [-0.2, 0) is 0 Å². The minimum Gasteiger partial charge on any atom is -0.303 e. The molecule has 0 bridgehead atoms. The van der Waals surface area contributed by atoms with Crippen LogP contribution in [0.2, 0.25) is 0 Å². The maximum Gasteiger partial charge on any atom is 0.0485 e. The molecule has 0 aliphatic carbocycles. The van der Waals surface area contributed by atoms with Gasteiger partial charge in [-0.2, -0.15) is 0 Å². The normalized spacial score (nSPS) is 36.3. The highest BCUT2D eigenvalue weighted by Crippen LogP contribution is 2.14. The second-order valence-corrected chi connectivity index (χ2v) is 4.31. The van der Waals surface area contributed by atoms with Gasteiger partial charge in [0.25, 0.3) is 0 Å². The molecule has 0 amide bonds. The van der Waals surface area contributed by atoms with Crippen molar-refractivity contribution in [2.75, 3.05) is 32.8 Å². The second-order valence-electron chi connectivity index (χ2n) is 2.95. The van der Waals surface area contributed by atoms with Crippen molar-refractivity contribution in [3.8, 4) is 0 Å². The number of hydrogen-bond acceptors (Lipinski definition) is 3. The Bertz CT molecular complexity index is 130. The molecule has 0 radical (unpaired) electrons. The molecule has 1 N–H and O–H groups in total. The minimum atomic E-state index is 0.783. The van der Waals surface area contributed by atoms with E-state index in [1.54, 1.807) is 0 Å². The molecule has 10 heavy (non-hydrogen) atoms. The van der Waals surface area contributed by atoms with Gasteiger partial charge < -0.3 is 5.32 Å². The summed E-state index contributed by atoms with van der Waals surface area (Å²) < 4.78 is 2.38. The molecule has 0 aromatic heterocycles.